The summed E-state index contributed by atoms with van der Waals surface area (Å²) >= 11 is 0. The minimum Gasteiger partial charge on any atom is -0.465 e. The molecule has 0 saturated carbocycles. The van der Waals surface area contributed by atoms with Crippen LogP contribution in [0.15, 0.2) is 30.3 Å². The van der Waals surface area contributed by atoms with Gasteiger partial charge in [0.15, 0.2) is 11.5 Å². The first-order chi connectivity index (χ1) is 9.58. The number of hydrogen-bond acceptors (Lipinski definition) is 4. The van der Waals surface area contributed by atoms with E-state index in [0.29, 0.717) is 0 Å². The first-order valence-corrected chi connectivity index (χ1v) is 5.52. The molecule has 0 aliphatic heterocycles. The fourth-order valence-electron chi connectivity index (χ4n) is 1.69. The molecule has 1 heterocycles. The van der Waals surface area contributed by atoms with Crippen LogP contribution >= 0.6 is 0 Å². The Morgan fingerprint density at radius 2 is 2.00 bits per heavy atom. The molecule has 4 nitrogen and oxygen atoms in total. The quantitative estimate of drug-likeness (QED) is 0.790. The van der Waals surface area contributed by atoms with Crippen LogP contribution in [-0.2, 0) is 4.74 Å². The third-order valence-corrected chi connectivity index (χ3v) is 2.62. The van der Waals surface area contributed by atoms with Gasteiger partial charge in [0.25, 0.3) is 0 Å². The van der Waals surface area contributed by atoms with Crippen LogP contribution in [0.2, 0.25) is 0 Å². The lowest BCUT2D eigenvalue weighted by Gasteiger charge is -2.09. The van der Waals surface area contributed by atoms with E-state index >= 15 is 0 Å². The Labute approximate surface area is 113 Å². The molecule has 0 amide bonds. The average molecular weight is 274 g/mol. The second kappa shape index (κ2) is 5.45. The van der Waals surface area contributed by atoms with Gasteiger partial charge in [-0.3, -0.25) is 0 Å². The summed E-state index contributed by atoms with van der Waals surface area (Å²) in [6.45, 7) is 0. The molecular formula is C14H8F2N2O2. The number of rotatable bonds is 2. The molecule has 0 aliphatic rings. The van der Waals surface area contributed by atoms with Crippen LogP contribution in [0.4, 0.5) is 8.78 Å². The number of nitriles is 1. The third kappa shape index (κ3) is 2.34. The average Bonchev–Trinajstić information content (AvgIpc) is 2.47. The summed E-state index contributed by atoms with van der Waals surface area (Å²) in [6.07, 6.45) is 0. The zero-order chi connectivity index (χ0) is 14.7. The Bertz CT molecular complexity index is 724. The summed E-state index contributed by atoms with van der Waals surface area (Å²) in [4.78, 5) is 15.4. The number of pyridine rings is 1. The largest absolute Gasteiger partial charge is 0.465 e. The van der Waals surface area contributed by atoms with Crippen molar-refractivity contribution in [2.75, 3.05) is 7.11 Å². The van der Waals surface area contributed by atoms with Crippen molar-refractivity contribution in [3.8, 4) is 17.3 Å². The summed E-state index contributed by atoms with van der Waals surface area (Å²) in [6, 6.07) is 7.92. The van der Waals surface area contributed by atoms with E-state index in [-0.39, 0.29) is 16.8 Å². The second-order valence-electron chi connectivity index (χ2n) is 3.80. The van der Waals surface area contributed by atoms with Crippen LogP contribution in [0.1, 0.15) is 16.1 Å². The molecule has 1 aromatic carbocycles. The summed E-state index contributed by atoms with van der Waals surface area (Å²) < 4.78 is 31.9. The van der Waals surface area contributed by atoms with Crippen molar-refractivity contribution in [3.63, 3.8) is 0 Å². The lowest BCUT2D eigenvalue weighted by Crippen LogP contribution is -2.08. The van der Waals surface area contributed by atoms with Crippen LogP contribution in [0.3, 0.4) is 0 Å². The summed E-state index contributed by atoms with van der Waals surface area (Å²) in [7, 11) is 1.11. The van der Waals surface area contributed by atoms with Gasteiger partial charge in [0.05, 0.1) is 18.4 Å². The fraction of sp³-hybridized carbons (Fsp3) is 0.0714. The minimum absolute atomic E-state index is 0.00981. The number of aromatic nitrogens is 1. The highest BCUT2D eigenvalue weighted by Crippen LogP contribution is 2.26. The standard InChI is InChI=1S/C14H8F2N2O2/c1-20-14(19)9-6-11(16)12(7-17)18-13(9)8-4-2-3-5-10(8)15/h2-6H,1H3. The van der Waals surface area contributed by atoms with Gasteiger partial charge >= 0.3 is 5.97 Å². The zero-order valence-electron chi connectivity index (χ0n) is 10.4. The van der Waals surface area contributed by atoms with Crippen LogP contribution in [0.25, 0.3) is 11.3 Å². The first kappa shape index (κ1) is 13.6. The predicted octanol–water partition coefficient (Wildman–Crippen LogP) is 2.69. The highest BCUT2D eigenvalue weighted by molar-refractivity contribution is 5.96. The smallest absolute Gasteiger partial charge is 0.340 e. The van der Waals surface area contributed by atoms with E-state index in [1.54, 1.807) is 6.07 Å². The topological polar surface area (TPSA) is 63.0 Å². The highest BCUT2D eigenvalue weighted by atomic mass is 19.1. The molecule has 2 aromatic rings. The van der Waals surface area contributed by atoms with E-state index < -0.39 is 23.3 Å². The molecule has 100 valence electrons. The zero-order valence-corrected chi connectivity index (χ0v) is 10.4. The number of benzene rings is 1. The van der Waals surface area contributed by atoms with Gasteiger partial charge in [-0.15, -0.1) is 0 Å². The predicted molar refractivity (Wildman–Crippen MR) is 65.6 cm³/mol. The summed E-state index contributed by atoms with van der Waals surface area (Å²) in [5.74, 6) is -2.47. The molecule has 2 rings (SSSR count). The molecule has 0 N–H and O–H groups in total. The van der Waals surface area contributed by atoms with Crippen LogP contribution in [-0.4, -0.2) is 18.1 Å². The van der Waals surface area contributed by atoms with Crippen molar-refractivity contribution < 1.29 is 18.3 Å². The van der Waals surface area contributed by atoms with E-state index in [9.17, 15) is 13.6 Å². The Morgan fingerprint density at radius 1 is 1.30 bits per heavy atom. The van der Waals surface area contributed by atoms with E-state index in [2.05, 4.69) is 9.72 Å². The van der Waals surface area contributed by atoms with Crippen LogP contribution in [0, 0.1) is 23.0 Å². The van der Waals surface area contributed by atoms with Gasteiger partial charge in [-0.05, 0) is 18.2 Å². The van der Waals surface area contributed by atoms with Crippen molar-refractivity contribution in [3.05, 3.63) is 53.2 Å². The number of esters is 1. The van der Waals surface area contributed by atoms with Crippen LogP contribution in [0.5, 0.6) is 0 Å². The lowest BCUT2D eigenvalue weighted by atomic mass is 10.0. The van der Waals surface area contributed by atoms with E-state index in [1.807, 2.05) is 0 Å². The summed E-state index contributed by atoms with van der Waals surface area (Å²) in [5.41, 5.74) is -0.901. The molecule has 0 saturated heterocycles. The van der Waals surface area contributed by atoms with Gasteiger partial charge in [-0.1, -0.05) is 12.1 Å². The molecule has 20 heavy (non-hydrogen) atoms. The van der Waals surface area contributed by atoms with Crippen molar-refractivity contribution >= 4 is 5.97 Å². The Kier molecular flexibility index (Phi) is 3.71. The normalized spacial score (nSPS) is 9.90. The Balaban J connectivity index is 2.76. The van der Waals surface area contributed by atoms with Crippen molar-refractivity contribution in [2.45, 2.75) is 0 Å². The summed E-state index contributed by atoms with van der Waals surface area (Å²) in [5, 5.41) is 8.78. The van der Waals surface area contributed by atoms with Crippen molar-refractivity contribution in [1.29, 1.82) is 5.26 Å². The number of halogens is 2. The molecule has 6 heteroatoms. The Morgan fingerprint density at radius 3 is 2.60 bits per heavy atom. The maximum absolute atomic E-state index is 13.8. The third-order valence-electron chi connectivity index (χ3n) is 2.62. The SMILES string of the molecule is COC(=O)c1cc(F)c(C#N)nc1-c1ccccc1F. The van der Waals surface area contributed by atoms with Gasteiger partial charge in [-0.25, -0.2) is 18.6 Å². The molecule has 0 bridgehead atoms. The Hall–Kier alpha value is -2.81. The van der Waals surface area contributed by atoms with E-state index in [0.717, 1.165) is 13.2 Å². The van der Waals surface area contributed by atoms with E-state index in [1.165, 1.54) is 24.3 Å². The number of carbonyl (C=O) groups is 1. The molecule has 0 aliphatic carbocycles. The fourth-order valence-corrected chi connectivity index (χ4v) is 1.69. The van der Waals surface area contributed by atoms with Crippen molar-refractivity contribution in [2.24, 2.45) is 0 Å². The maximum Gasteiger partial charge on any atom is 0.340 e. The molecule has 0 radical (unpaired) electrons. The minimum atomic E-state index is -0.965. The maximum atomic E-state index is 13.8. The molecule has 1 aromatic heterocycles. The van der Waals surface area contributed by atoms with Gasteiger partial charge in [0, 0.05) is 5.56 Å². The van der Waals surface area contributed by atoms with Gasteiger partial charge in [-0.2, -0.15) is 5.26 Å². The van der Waals surface area contributed by atoms with Crippen LogP contribution < -0.4 is 0 Å². The molecule has 0 unspecified atom stereocenters. The first-order valence-electron chi connectivity index (χ1n) is 5.52. The molecule has 0 atom stereocenters. The van der Waals surface area contributed by atoms with Crippen molar-refractivity contribution in [1.82, 2.24) is 4.98 Å². The monoisotopic (exact) mass is 274 g/mol. The molecule has 0 spiro atoms. The highest BCUT2D eigenvalue weighted by Gasteiger charge is 2.21. The van der Waals surface area contributed by atoms with E-state index in [4.69, 9.17) is 5.26 Å². The van der Waals surface area contributed by atoms with Gasteiger partial charge in [0.2, 0.25) is 0 Å². The van der Waals surface area contributed by atoms with Gasteiger partial charge in [0.1, 0.15) is 11.9 Å². The molecule has 0 fully saturated rings. The number of carbonyl (C=O) groups excluding carboxylic acids is 1. The lowest BCUT2D eigenvalue weighted by molar-refractivity contribution is 0.0600. The molecular weight excluding hydrogens is 266 g/mol. The number of methoxy groups -OCH3 is 1. The number of nitrogens with zero attached hydrogens (tertiary/aromatic N) is 2. The number of ether oxygens (including phenoxy) is 1. The number of hydrogen-bond donors (Lipinski definition) is 0. The van der Waals surface area contributed by atoms with Gasteiger partial charge < -0.3 is 4.74 Å². The second-order valence-corrected chi connectivity index (χ2v) is 3.80.